The maximum atomic E-state index is 11.2. The zero-order chi connectivity index (χ0) is 18.9. The van der Waals surface area contributed by atoms with Gasteiger partial charge in [0.2, 0.25) is 5.91 Å². The van der Waals surface area contributed by atoms with E-state index < -0.39 is 73.9 Å². The minimum atomic E-state index is -1.62. The largest absolute Gasteiger partial charge is 0.394 e. The first-order chi connectivity index (χ1) is 11.7. The van der Waals surface area contributed by atoms with E-state index in [1.165, 1.54) is 13.8 Å². The molecular formula is C14H25NO10. The minimum Gasteiger partial charge on any atom is -0.394 e. The van der Waals surface area contributed by atoms with Crippen LogP contribution in [0.15, 0.2) is 0 Å². The van der Waals surface area contributed by atoms with Gasteiger partial charge >= 0.3 is 0 Å². The van der Waals surface area contributed by atoms with Crippen molar-refractivity contribution in [2.75, 3.05) is 6.61 Å². The highest BCUT2D eigenvalue weighted by Crippen LogP contribution is 2.28. The van der Waals surface area contributed by atoms with Crippen molar-refractivity contribution in [3.63, 3.8) is 0 Å². The lowest BCUT2D eigenvalue weighted by Gasteiger charge is -2.46. The molecule has 0 aromatic heterocycles. The average Bonchev–Trinajstić information content (AvgIpc) is 2.56. The molecule has 10 atom stereocenters. The van der Waals surface area contributed by atoms with Gasteiger partial charge in [-0.15, -0.1) is 0 Å². The van der Waals surface area contributed by atoms with Gasteiger partial charge in [0.15, 0.2) is 12.6 Å². The molecular weight excluding hydrogens is 342 g/mol. The molecule has 2 heterocycles. The maximum Gasteiger partial charge on any atom is 0.217 e. The molecule has 2 aliphatic heterocycles. The molecule has 0 saturated carbocycles. The van der Waals surface area contributed by atoms with Gasteiger partial charge in [0.05, 0.1) is 12.7 Å². The summed E-state index contributed by atoms with van der Waals surface area (Å²) >= 11 is 0. The lowest BCUT2D eigenvalue weighted by molar-refractivity contribution is -0.341. The first-order valence-electron chi connectivity index (χ1n) is 7.92. The van der Waals surface area contributed by atoms with Crippen LogP contribution in [0.4, 0.5) is 0 Å². The lowest BCUT2D eigenvalue weighted by Crippen LogP contribution is -2.66. The molecule has 2 fully saturated rings. The van der Waals surface area contributed by atoms with E-state index in [4.69, 9.17) is 14.2 Å². The number of carbonyl (C=O) groups is 1. The molecule has 0 aromatic carbocycles. The van der Waals surface area contributed by atoms with Gasteiger partial charge in [-0.2, -0.15) is 0 Å². The van der Waals surface area contributed by atoms with E-state index >= 15 is 0 Å². The summed E-state index contributed by atoms with van der Waals surface area (Å²) in [6.07, 6.45) is -12.3. The van der Waals surface area contributed by atoms with Gasteiger partial charge in [-0.3, -0.25) is 4.79 Å². The van der Waals surface area contributed by atoms with Crippen molar-refractivity contribution in [1.29, 1.82) is 0 Å². The average molecular weight is 367 g/mol. The summed E-state index contributed by atoms with van der Waals surface area (Å²) in [4.78, 5) is 11.2. The van der Waals surface area contributed by atoms with E-state index in [0.717, 1.165) is 0 Å². The predicted molar refractivity (Wildman–Crippen MR) is 78.8 cm³/mol. The number of carbonyl (C=O) groups excluding carboxylic acids is 1. The molecule has 11 heteroatoms. The maximum absolute atomic E-state index is 11.2. The monoisotopic (exact) mass is 367 g/mol. The summed E-state index contributed by atoms with van der Waals surface area (Å²) < 4.78 is 15.9. The summed E-state index contributed by atoms with van der Waals surface area (Å²) in [5.74, 6) is -0.533. The molecule has 2 aliphatic rings. The molecule has 11 nitrogen and oxygen atoms in total. The van der Waals surface area contributed by atoms with Crippen LogP contribution in [0.1, 0.15) is 13.8 Å². The van der Waals surface area contributed by atoms with E-state index in [-0.39, 0.29) is 0 Å². The zero-order valence-corrected chi connectivity index (χ0v) is 13.8. The number of ether oxygens (including phenoxy) is 3. The summed E-state index contributed by atoms with van der Waals surface area (Å²) in [6, 6.07) is -1.24. The molecule has 0 radical (unpaired) electrons. The number of nitrogens with one attached hydrogen (secondary N) is 1. The summed E-state index contributed by atoms with van der Waals surface area (Å²) in [5.41, 5.74) is 0. The number of hydrogen-bond acceptors (Lipinski definition) is 10. The fraction of sp³-hybridized carbons (Fsp3) is 0.929. The normalized spacial score (nSPS) is 48.2. The molecule has 0 aromatic rings. The molecule has 0 unspecified atom stereocenters. The van der Waals surface area contributed by atoms with E-state index in [2.05, 4.69) is 5.32 Å². The number of amides is 1. The van der Waals surface area contributed by atoms with Crippen LogP contribution in [0.3, 0.4) is 0 Å². The van der Waals surface area contributed by atoms with Crippen LogP contribution in [-0.4, -0.2) is 105 Å². The third kappa shape index (κ3) is 4.27. The third-order valence-electron chi connectivity index (χ3n) is 4.34. The summed E-state index contributed by atoms with van der Waals surface area (Å²) in [7, 11) is 0. The minimum absolute atomic E-state index is 0.533. The Labute approximate surface area is 143 Å². The molecule has 1 amide bonds. The second-order valence-electron chi connectivity index (χ2n) is 6.25. The highest BCUT2D eigenvalue weighted by atomic mass is 16.7. The van der Waals surface area contributed by atoms with Crippen molar-refractivity contribution in [1.82, 2.24) is 5.32 Å². The Morgan fingerprint density at radius 3 is 2.24 bits per heavy atom. The van der Waals surface area contributed by atoms with Gasteiger partial charge in [0.1, 0.15) is 42.7 Å². The standard InChI is InChI=1S/C14H25NO10/c1-4-8(18)10(20)11(21)14(23-4)25-12-6(3-16)24-13(22)7(9(12)19)15-5(2)17/h4,6-14,16,18-22H,3H2,1-2H3,(H,15,17)/t4-,6+,7+,8-,9-,10+,11+,12-,13-,14+/m1/s1. The first kappa shape index (κ1) is 20.4. The van der Waals surface area contributed by atoms with Crippen LogP contribution in [0.25, 0.3) is 0 Å². The van der Waals surface area contributed by atoms with Crippen molar-refractivity contribution < 1.29 is 49.6 Å². The van der Waals surface area contributed by atoms with Crippen LogP contribution >= 0.6 is 0 Å². The van der Waals surface area contributed by atoms with E-state index in [9.17, 15) is 35.4 Å². The number of aliphatic hydroxyl groups excluding tert-OH is 6. The smallest absolute Gasteiger partial charge is 0.217 e. The van der Waals surface area contributed by atoms with Crippen LogP contribution in [0.5, 0.6) is 0 Å². The van der Waals surface area contributed by atoms with Crippen molar-refractivity contribution in [3.8, 4) is 0 Å². The predicted octanol–water partition coefficient (Wildman–Crippen LogP) is -4.23. The number of hydrogen-bond donors (Lipinski definition) is 7. The second kappa shape index (κ2) is 8.20. The number of aliphatic hydroxyl groups is 6. The molecule has 0 bridgehead atoms. The van der Waals surface area contributed by atoms with E-state index in [0.29, 0.717) is 0 Å². The van der Waals surface area contributed by atoms with Gasteiger partial charge in [0, 0.05) is 6.92 Å². The number of rotatable bonds is 4. The van der Waals surface area contributed by atoms with Gasteiger partial charge in [0.25, 0.3) is 0 Å². The van der Waals surface area contributed by atoms with Crippen LogP contribution < -0.4 is 5.32 Å². The first-order valence-corrected chi connectivity index (χ1v) is 7.92. The molecule has 2 saturated heterocycles. The third-order valence-corrected chi connectivity index (χ3v) is 4.34. The highest BCUT2D eigenvalue weighted by molar-refractivity contribution is 5.73. The van der Waals surface area contributed by atoms with Crippen LogP contribution in [0.2, 0.25) is 0 Å². The van der Waals surface area contributed by atoms with Crippen molar-refractivity contribution in [2.24, 2.45) is 0 Å². The van der Waals surface area contributed by atoms with Gasteiger partial charge < -0.3 is 50.2 Å². The second-order valence-corrected chi connectivity index (χ2v) is 6.25. The molecule has 0 spiro atoms. The Kier molecular flexibility index (Phi) is 6.70. The van der Waals surface area contributed by atoms with Crippen molar-refractivity contribution in [2.45, 2.75) is 75.2 Å². The van der Waals surface area contributed by atoms with E-state index in [1.54, 1.807) is 0 Å². The molecule has 25 heavy (non-hydrogen) atoms. The molecule has 2 rings (SSSR count). The van der Waals surface area contributed by atoms with Crippen molar-refractivity contribution >= 4 is 5.91 Å². The topological polar surface area (TPSA) is 178 Å². The SMILES string of the molecule is CC(=O)N[C@H]1[C@@H](O)[C@H](O[C@@H]2O[C@H](C)[C@@H](O)[C@H](O)[C@@H]2O)[C@H](CO)O[C@H]1O. The van der Waals surface area contributed by atoms with Gasteiger partial charge in [-0.25, -0.2) is 0 Å². The van der Waals surface area contributed by atoms with E-state index in [1.807, 2.05) is 0 Å². The molecule has 7 N–H and O–H groups in total. The fourth-order valence-corrected chi connectivity index (χ4v) is 2.92. The zero-order valence-electron chi connectivity index (χ0n) is 13.8. The fourth-order valence-electron chi connectivity index (χ4n) is 2.92. The van der Waals surface area contributed by atoms with Crippen LogP contribution in [0, 0.1) is 0 Å². The Morgan fingerprint density at radius 2 is 1.68 bits per heavy atom. The molecule has 146 valence electrons. The summed E-state index contributed by atoms with van der Waals surface area (Å²) in [6.45, 7) is 2.01. The quantitative estimate of drug-likeness (QED) is 0.257. The lowest BCUT2D eigenvalue weighted by atomic mass is 9.95. The van der Waals surface area contributed by atoms with Crippen LogP contribution in [-0.2, 0) is 19.0 Å². The molecule has 0 aliphatic carbocycles. The van der Waals surface area contributed by atoms with Crippen molar-refractivity contribution in [3.05, 3.63) is 0 Å². The summed E-state index contributed by atoms with van der Waals surface area (Å²) in [5, 5.41) is 61.5. The highest BCUT2D eigenvalue weighted by Gasteiger charge is 2.50. The van der Waals surface area contributed by atoms with Gasteiger partial charge in [-0.05, 0) is 6.92 Å². The van der Waals surface area contributed by atoms with Gasteiger partial charge in [-0.1, -0.05) is 0 Å². The Bertz CT molecular complexity index is 465. The Balaban J connectivity index is 2.15. The Morgan fingerprint density at radius 1 is 1.04 bits per heavy atom. The Hall–Kier alpha value is -0.890.